The Morgan fingerprint density at radius 2 is 2.05 bits per heavy atom. The first-order chi connectivity index (χ1) is 10.0. The number of phenols is 2. The predicted molar refractivity (Wildman–Crippen MR) is 72.9 cm³/mol. The van der Waals surface area contributed by atoms with E-state index in [9.17, 15) is 15.0 Å². The molecular formula is C16H16O5. The van der Waals surface area contributed by atoms with Gasteiger partial charge in [0.05, 0.1) is 0 Å². The van der Waals surface area contributed by atoms with Crippen LogP contribution in [0.1, 0.15) is 37.0 Å². The first-order valence-corrected chi connectivity index (χ1v) is 7.11. The molecule has 0 unspecified atom stereocenters. The Morgan fingerprint density at radius 3 is 2.81 bits per heavy atom. The summed E-state index contributed by atoms with van der Waals surface area (Å²) in [4.78, 5) is 12.1. The summed E-state index contributed by atoms with van der Waals surface area (Å²) in [5.41, 5.74) is 1.31. The van der Waals surface area contributed by atoms with Crippen LogP contribution in [-0.4, -0.2) is 27.9 Å². The van der Waals surface area contributed by atoms with Crippen LogP contribution in [0.2, 0.25) is 0 Å². The van der Waals surface area contributed by atoms with Crippen molar-refractivity contribution in [3.8, 4) is 11.5 Å². The molecule has 4 rings (SSSR count). The summed E-state index contributed by atoms with van der Waals surface area (Å²) in [7, 11) is 0. The van der Waals surface area contributed by atoms with E-state index in [1.165, 1.54) is 12.1 Å². The average Bonchev–Trinajstić information content (AvgIpc) is 3.11. The average molecular weight is 288 g/mol. The molecular weight excluding hydrogens is 272 g/mol. The third-order valence-electron chi connectivity index (χ3n) is 4.65. The number of carbonyl (C=O) groups excluding carboxylic acids is 1. The summed E-state index contributed by atoms with van der Waals surface area (Å²) in [5, 5.41) is 20.4. The Kier molecular flexibility index (Phi) is 2.43. The molecule has 3 atom stereocenters. The lowest BCUT2D eigenvalue weighted by Crippen LogP contribution is -2.22. The summed E-state index contributed by atoms with van der Waals surface area (Å²) < 4.78 is 11.1. The van der Waals surface area contributed by atoms with E-state index in [4.69, 9.17) is 9.47 Å². The normalized spacial score (nSPS) is 36.0. The Hall–Kier alpha value is -2.01. The zero-order chi connectivity index (χ0) is 14.8. The molecule has 2 bridgehead atoms. The summed E-state index contributed by atoms with van der Waals surface area (Å²) in [6, 6.07) is 2.89. The highest BCUT2D eigenvalue weighted by atomic mass is 16.7. The molecule has 2 fully saturated rings. The van der Waals surface area contributed by atoms with Crippen LogP contribution in [0.4, 0.5) is 0 Å². The number of aromatic hydroxyl groups is 2. The molecule has 2 aliphatic heterocycles. The van der Waals surface area contributed by atoms with Crippen molar-refractivity contribution in [2.75, 3.05) is 0 Å². The van der Waals surface area contributed by atoms with E-state index in [1.54, 1.807) is 0 Å². The van der Waals surface area contributed by atoms with Gasteiger partial charge in [-0.2, -0.15) is 0 Å². The zero-order valence-electron chi connectivity index (χ0n) is 11.6. The fourth-order valence-electron chi connectivity index (χ4n) is 3.48. The van der Waals surface area contributed by atoms with Gasteiger partial charge < -0.3 is 19.7 Å². The van der Waals surface area contributed by atoms with E-state index < -0.39 is 11.7 Å². The Labute approximate surface area is 121 Å². The number of carbonyl (C=O) groups is 1. The fourth-order valence-corrected chi connectivity index (χ4v) is 3.48. The molecule has 1 aromatic rings. The van der Waals surface area contributed by atoms with Crippen LogP contribution >= 0.6 is 0 Å². The van der Waals surface area contributed by atoms with Crippen LogP contribution in [0.15, 0.2) is 23.8 Å². The lowest BCUT2D eigenvalue weighted by atomic mass is 9.88. The molecule has 0 spiro atoms. The molecule has 110 valence electrons. The van der Waals surface area contributed by atoms with Gasteiger partial charge in [-0.25, -0.2) is 4.79 Å². The molecule has 0 saturated carbocycles. The van der Waals surface area contributed by atoms with Gasteiger partial charge in [-0.15, -0.1) is 0 Å². The molecule has 5 heteroatoms. The molecule has 2 heterocycles. The van der Waals surface area contributed by atoms with E-state index in [0.29, 0.717) is 24.0 Å². The number of phenolic OH excluding ortho intramolecular Hbond substituents is 2. The zero-order valence-corrected chi connectivity index (χ0v) is 11.6. The van der Waals surface area contributed by atoms with Gasteiger partial charge in [0, 0.05) is 11.1 Å². The van der Waals surface area contributed by atoms with Crippen molar-refractivity contribution in [1.29, 1.82) is 0 Å². The van der Waals surface area contributed by atoms with Crippen LogP contribution in [0.5, 0.6) is 11.5 Å². The largest absolute Gasteiger partial charge is 0.508 e. The van der Waals surface area contributed by atoms with E-state index >= 15 is 0 Å². The maximum atomic E-state index is 12.1. The molecule has 21 heavy (non-hydrogen) atoms. The first kappa shape index (κ1) is 12.7. The number of benzene rings is 1. The minimum absolute atomic E-state index is 0.0280. The van der Waals surface area contributed by atoms with E-state index in [1.807, 2.05) is 13.0 Å². The molecule has 0 aromatic heterocycles. The van der Waals surface area contributed by atoms with E-state index in [0.717, 1.165) is 12.0 Å². The van der Waals surface area contributed by atoms with Crippen molar-refractivity contribution < 1.29 is 24.5 Å². The SMILES string of the molecule is C/C1=C/CC[C@]23O[C@@H]2[C@H](OC3=O)c2c(O)ccc(O)c2C1. The Balaban J connectivity index is 1.91. The molecule has 1 aliphatic carbocycles. The van der Waals surface area contributed by atoms with Gasteiger partial charge in [-0.3, -0.25) is 0 Å². The lowest BCUT2D eigenvalue weighted by molar-refractivity contribution is -0.154. The molecule has 0 radical (unpaired) electrons. The second-order valence-electron chi connectivity index (χ2n) is 6.02. The maximum Gasteiger partial charge on any atom is 0.342 e. The van der Waals surface area contributed by atoms with Gasteiger partial charge in [0.2, 0.25) is 0 Å². The van der Waals surface area contributed by atoms with Crippen molar-refractivity contribution in [1.82, 2.24) is 0 Å². The van der Waals surface area contributed by atoms with Gasteiger partial charge in [0.15, 0.2) is 11.7 Å². The third kappa shape index (κ3) is 1.64. The number of hydrogen-bond acceptors (Lipinski definition) is 5. The van der Waals surface area contributed by atoms with Gasteiger partial charge in [0.1, 0.15) is 17.6 Å². The second kappa shape index (κ2) is 4.01. The number of fused-ring (bicyclic) bond motifs is 2. The topological polar surface area (TPSA) is 79.3 Å². The predicted octanol–water partition coefficient (Wildman–Crippen LogP) is 2.12. The van der Waals surface area contributed by atoms with Crippen LogP contribution in [0, 0.1) is 0 Å². The summed E-state index contributed by atoms with van der Waals surface area (Å²) >= 11 is 0. The van der Waals surface area contributed by atoms with Crippen LogP contribution in [0.25, 0.3) is 0 Å². The monoisotopic (exact) mass is 288 g/mol. The quantitative estimate of drug-likeness (QED) is 0.331. The Bertz CT molecular complexity index is 677. The fraction of sp³-hybridized carbons (Fsp3) is 0.438. The number of esters is 1. The van der Waals surface area contributed by atoms with Crippen molar-refractivity contribution in [3.63, 3.8) is 0 Å². The standard InChI is InChI=1S/C16H16O5/c1-8-3-2-6-16-14(21-16)13(20-15(16)19)12-9(7-8)10(17)4-5-11(12)18/h3-5,13-14,17-18H,2,6-7H2,1H3/b8-3-/t13-,14-,16+/m1/s1. The number of epoxide rings is 1. The van der Waals surface area contributed by atoms with Gasteiger partial charge in [-0.05, 0) is 38.3 Å². The maximum absolute atomic E-state index is 12.1. The van der Waals surface area contributed by atoms with E-state index in [2.05, 4.69) is 0 Å². The molecule has 2 saturated heterocycles. The second-order valence-corrected chi connectivity index (χ2v) is 6.02. The summed E-state index contributed by atoms with van der Waals surface area (Å²) in [5.74, 6) is -0.232. The summed E-state index contributed by atoms with van der Waals surface area (Å²) in [6.45, 7) is 1.97. The lowest BCUT2D eigenvalue weighted by Gasteiger charge is -2.19. The number of hydrogen-bond donors (Lipinski definition) is 2. The van der Waals surface area contributed by atoms with Crippen molar-refractivity contribution in [3.05, 3.63) is 34.9 Å². The van der Waals surface area contributed by atoms with Crippen molar-refractivity contribution >= 4 is 5.97 Å². The first-order valence-electron chi connectivity index (χ1n) is 7.11. The summed E-state index contributed by atoms with van der Waals surface area (Å²) in [6.07, 6.45) is 2.91. The van der Waals surface area contributed by atoms with Gasteiger partial charge in [-0.1, -0.05) is 11.6 Å². The van der Waals surface area contributed by atoms with Crippen molar-refractivity contribution in [2.45, 2.75) is 44.0 Å². The molecule has 3 aliphatic rings. The smallest absolute Gasteiger partial charge is 0.342 e. The Morgan fingerprint density at radius 1 is 1.29 bits per heavy atom. The highest BCUT2D eigenvalue weighted by molar-refractivity contribution is 5.87. The minimum Gasteiger partial charge on any atom is -0.508 e. The van der Waals surface area contributed by atoms with Crippen LogP contribution < -0.4 is 0 Å². The molecule has 0 amide bonds. The van der Waals surface area contributed by atoms with Crippen molar-refractivity contribution in [2.24, 2.45) is 0 Å². The third-order valence-corrected chi connectivity index (χ3v) is 4.65. The van der Waals surface area contributed by atoms with Gasteiger partial charge in [0.25, 0.3) is 0 Å². The highest BCUT2D eigenvalue weighted by Gasteiger charge is 2.73. The van der Waals surface area contributed by atoms with Gasteiger partial charge >= 0.3 is 5.97 Å². The van der Waals surface area contributed by atoms with E-state index in [-0.39, 0.29) is 23.6 Å². The molecule has 5 nitrogen and oxygen atoms in total. The highest BCUT2D eigenvalue weighted by Crippen LogP contribution is 2.58. The number of allylic oxidation sites excluding steroid dienone is 2. The molecule has 1 aromatic carbocycles. The number of ether oxygens (including phenoxy) is 2. The minimum atomic E-state index is -0.853. The van der Waals surface area contributed by atoms with Crippen LogP contribution in [-0.2, 0) is 20.7 Å². The number of rotatable bonds is 0. The molecule has 2 N–H and O–H groups in total. The van der Waals surface area contributed by atoms with Crippen LogP contribution in [0.3, 0.4) is 0 Å².